The number of hydrogen-bond acceptors (Lipinski definition) is 2. The van der Waals surface area contributed by atoms with E-state index in [0.717, 1.165) is 32.1 Å². The zero-order chi connectivity index (χ0) is 13.6. The predicted molar refractivity (Wildman–Crippen MR) is 74.2 cm³/mol. The van der Waals surface area contributed by atoms with Crippen LogP contribution in [0.4, 0.5) is 0 Å². The summed E-state index contributed by atoms with van der Waals surface area (Å²) >= 11 is 0. The van der Waals surface area contributed by atoms with Crippen molar-refractivity contribution in [2.45, 2.75) is 52.4 Å². The van der Waals surface area contributed by atoms with E-state index >= 15 is 0 Å². The van der Waals surface area contributed by atoms with E-state index in [0.29, 0.717) is 19.5 Å². The smallest absolute Gasteiger partial charge is 0.243 e. The summed E-state index contributed by atoms with van der Waals surface area (Å²) in [6.07, 6.45) is 8.91. The fourth-order valence-electron chi connectivity index (χ4n) is 1.55. The van der Waals surface area contributed by atoms with E-state index in [9.17, 15) is 9.59 Å². The molecule has 0 spiro atoms. The summed E-state index contributed by atoms with van der Waals surface area (Å²) in [7, 11) is 0. The molecular weight excluding hydrogens is 228 g/mol. The molecule has 0 bridgehead atoms. The quantitative estimate of drug-likeness (QED) is 0.463. The molecule has 0 aliphatic rings. The van der Waals surface area contributed by atoms with Gasteiger partial charge in [0, 0.05) is 19.5 Å². The van der Waals surface area contributed by atoms with Crippen LogP contribution >= 0.6 is 0 Å². The zero-order valence-electron chi connectivity index (χ0n) is 11.6. The van der Waals surface area contributed by atoms with E-state index < -0.39 is 0 Å². The van der Waals surface area contributed by atoms with Gasteiger partial charge in [-0.3, -0.25) is 9.59 Å². The second-order valence-electron chi connectivity index (χ2n) is 4.22. The van der Waals surface area contributed by atoms with E-state index in [4.69, 9.17) is 0 Å². The van der Waals surface area contributed by atoms with E-state index in [2.05, 4.69) is 10.6 Å². The Morgan fingerprint density at radius 1 is 1.00 bits per heavy atom. The molecule has 0 aromatic rings. The molecule has 0 aliphatic heterocycles. The van der Waals surface area contributed by atoms with Gasteiger partial charge in [-0.2, -0.15) is 0 Å². The number of rotatable bonds is 10. The van der Waals surface area contributed by atoms with Crippen molar-refractivity contribution < 1.29 is 9.59 Å². The topological polar surface area (TPSA) is 58.2 Å². The van der Waals surface area contributed by atoms with Gasteiger partial charge in [0.2, 0.25) is 11.8 Å². The fraction of sp³-hybridized carbons (Fsp3) is 0.714. The summed E-state index contributed by atoms with van der Waals surface area (Å²) in [5, 5.41) is 5.61. The van der Waals surface area contributed by atoms with Crippen LogP contribution in [0.3, 0.4) is 0 Å². The lowest BCUT2D eigenvalue weighted by Crippen LogP contribution is -2.22. The Bertz CT molecular complexity index is 263. The van der Waals surface area contributed by atoms with Crippen LogP contribution in [0.1, 0.15) is 52.4 Å². The van der Waals surface area contributed by atoms with Gasteiger partial charge in [-0.05, 0) is 32.3 Å². The molecule has 18 heavy (non-hydrogen) atoms. The Morgan fingerprint density at radius 2 is 1.72 bits per heavy atom. The summed E-state index contributed by atoms with van der Waals surface area (Å²) in [6, 6.07) is 0. The Kier molecular flexibility index (Phi) is 11.3. The molecule has 0 aromatic carbocycles. The standard InChI is InChI=1S/C14H26N2O2/c1-3-5-10-14(18)16-12-9-7-6-8-11-13(17)15-4-2/h5,10H,3-4,6-9,11-12H2,1-2H3,(H,15,17)(H,16,18)/b10-5+. The van der Waals surface area contributed by atoms with Crippen molar-refractivity contribution in [3.63, 3.8) is 0 Å². The molecule has 0 radical (unpaired) electrons. The minimum Gasteiger partial charge on any atom is -0.356 e. The highest BCUT2D eigenvalue weighted by atomic mass is 16.2. The van der Waals surface area contributed by atoms with E-state index in [1.165, 1.54) is 0 Å². The molecule has 0 aromatic heterocycles. The van der Waals surface area contributed by atoms with Crippen LogP contribution in [-0.2, 0) is 9.59 Å². The van der Waals surface area contributed by atoms with Gasteiger partial charge in [-0.25, -0.2) is 0 Å². The number of unbranched alkanes of at least 4 members (excludes halogenated alkanes) is 3. The van der Waals surface area contributed by atoms with Crippen molar-refractivity contribution in [1.82, 2.24) is 10.6 Å². The van der Waals surface area contributed by atoms with Gasteiger partial charge in [0.15, 0.2) is 0 Å². The third-order valence-corrected chi connectivity index (χ3v) is 2.51. The molecule has 0 saturated carbocycles. The first-order valence-electron chi connectivity index (χ1n) is 6.91. The molecule has 2 N–H and O–H groups in total. The Balaban J connectivity index is 3.28. The highest BCUT2D eigenvalue weighted by molar-refractivity contribution is 5.87. The largest absolute Gasteiger partial charge is 0.356 e. The van der Waals surface area contributed by atoms with Crippen LogP contribution in [0, 0.1) is 0 Å². The highest BCUT2D eigenvalue weighted by Crippen LogP contribution is 2.02. The minimum atomic E-state index is -0.0147. The first-order chi connectivity index (χ1) is 8.70. The van der Waals surface area contributed by atoms with Gasteiger partial charge in [-0.1, -0.05) is 25.8 Å². The molecule has 0 saturated heterocycles. The molecule has 104 valence electrons. The van der Waals surface area contributed by atoms with Gasteiger partial charge < -0.3 is 10.6 Å². The normalized spacial score (nSPS) is 10.6. The lowest BCUT2D eigenvalue weighted by molar-refractivity contribution is -0.121. The van der Waals surface area contributed by atoms with Crippen molar-refractivity contribution in [3.05, 3.63) is 12.2 Å². The summed E-state index contributed by atoms with van der Waals surface area (Å²) in [5.41, 5.74) is 0. The van der Waals surface area contributed by atoms with Crippen molar-refractivity contribution in [2.24, 2.45) is 0 Å². The van der Waals surface area contributed by atoms with Gasteiger partial charge in [0.25, 0.3) is 0 Å². The molecule has 0 rings (SSSR count). The van der Waals surface area contributed by atoms with E-state index in [-0.39, 0.29) is 11.8 Å². The second kappa shape index (κ2) is 12.1. The number of allylic oxidation sites excluding steroid dienone is 1. The van der Waals surface area contributed by atoms with Crippen molar-refractivity contribution >= 4 is 11.8 Å². The average Bonchev–Trinajstić information content (AvgIpc) is 2.35. The monoisotopic (exact) mass is 254 g/mol. The van der Waals surface area contributed by atoms with Crippen LogP contribution in [-0.4, -0.2) is 24.9 Å². The molecular formula is C14H26N2O2. The molecule has 0 aliphatic carbocycles. The number of hydrogen-bond donors (Lipinski definition) is 2. The van der Waals surface area contributed by atoms with Crippen molar-refractivity contribution in [2.75, 3.05) is 13.1 Å². The lowest BCUT2D eigenvalue weighted by atomic mass is 10.1. The maximum Gasteiger partial charge on any atom is 0.243 e. The minimum absolute atomic E-state index is 0.0147. The van der Waals surface area contributed by atoms with Crippen LogP contribution in [0.25, 0.3) is 0 Å². The Morgan fingerprint density at radius 3 is 2.39 bits per heavy atom. The summed E-state index contributed by atoms with van der Waals surface area (Å²) in [5.74, 6) is 0.120. The fourth-order valence-corrected chi connectivity index (χ4v) is 1.55. The van der Waals surface area contributed by atoms with Gasteiger partial charge in [0.1, 0.15) is 0 Å². The lowest BCUT2D eigenvalue weighted by Gasteiger charge is -2.03. The van der Waals surface area contributed by atoms with E-state index in [1.807, 2.05) is 19.9 Å². The molecule has 4 heteroatoms. The highest BCUT2D eigenvalue weighted by Gasteiger charge is 1.99. The number of carbonyl (C=O) groups excluding carboxylic acids is 2. The first-order valence-corrected chi connectivity index (χ1v) is 6.91. The summed E-state index contributed by atoms with van der Waals surface area (Å²) in [4.78, 5) is 22.3. The maximum atomic E-state index is 11.2. The third-order valence-electron chi connectivity index (χ3n) is 2.51. The molecule has 4 nitrogen and oxygen atoms in total. The first kappa shape index (κ1) is 16.7. The Hall–Kier alpha value is -1.32. The summed E-state index contributed by atoms with van der Waals surface area (Å²) in [6.45, 7) is 5.34. The van der Waals surface area contributed by atoms with Crippen molar-refractivity contribution in [3.8, 4) is 0 Å². The van der Waals surface area contributed by atoms with Gasteiger partial charge in [-0.15, -0.1) is 0 Å². The van der Waals surface area contributed by atoms with Crippen molar-refractivity contribution in [1.29, 1.82) is 0 Å². The average molecular weight is 254 g/mol. The van der Waals surface area contributed by atoms with Crippen LogP contribution < -0.4 is 10.6 Å². The third kappa shape index (κ3) is 11.2. The molecule has 0 unspecified atom stereocenters. The molecule has 0 fully saturated rings. The number of carbonyl (C=O) groups is 2. The molecule has 0 heterocycles. The van der Waals surface area contributed by atoms with Crippen LogP contribution in [0.5, 0.6) is 0 Å². The summed E-state index contributed by atoms with van der Waals surface area (Å²) < 4.78 is 0. The molecule has 2 amide bonds. The maximum absolute atomic E-state index is 11.2. The SMILES string of the molecule is CC/C=C/C(=O)NCCCCCCC(=O)NCC. The Labute approximate surface area is 110 Å². The van der Waals surface area contributed by atoms with E-state index in [1.54, 1.807) is 6.08 Å². The number of amides is 2. The van der Waals surface area contributed by atoms with Crippen LogP contribution in [0.15, 0.2) is 12.2 Å². The predicted octanol–water partition coefficient (Wildman–Crippen LogP) is 2.16. The number of nitrogens with one attached hydrogen (secondary N) is 2. The van der Waals surface area contributed by atoms with Gasteiger partial charge >= 0.3 is 0 Å². The van der Waals surface area contributed by atoms with Crippen LogP contribution in [0.2, 0.25) is 0 Å². The second-order valence-corrected chi connectivity index (χ2v) is 4.22. The van der Waals surface area contributed by atoms with Gasteiger partial charge in [0.05, 0.1) is 0 Å². The zero-order valence-corrected chi connectivity index (χ0v) is 11.6. The molecule has 0 atom stereocenters.